The second-order valence-corrected chi connectivity index (χ2v) is 10.1. The molecule has 5 nitrogen and oxygen atoms in total. The summed E-state index contributed by atoms with van der Waals surface area (Å²) >= 11 is 0. The molecule has 0 bridgehead atoms. The van der Waals surface area contributed by atoms with Crippen molar-refractivity contribution in [2.75, 3.05) is 0 Å². The van der Waals surface area contributed by atoms with Crippen molar-refractivity contribution in [1.29, 1.82) is 0 Å². The first kappa shape index (κ1) is 23.2. The Morgan fingerprint density at radius 1 is 0.366 bits per heavy atom. The number of fused-ring (bicyclic) bond motifs is 7. The van der Waals surface area contributed by atoms with Gasteiger partial charge in [0.15, 0.2) is 0 Å². The van der Waals surface area contributed by atoms with Gasteiger partial charge in [-0.3, -0.25) is 0 Å². The maximum Gasteiger partial charge on any atom is 0.0666 e. The molecule has 0 radical (unpaired) electrons. The van der Waals surface area contributed by atoms with Crippen molar-refractivity contribution in [2.24, 2.45) is 0 Å². The highest BCUT2D eigenvalue weighted by Crippen LogP contribution is 2.35. The lowest BCUT2D eigenvalue weighted by Gasteiger charge is -2.16. The summed E-state index contributed by atoms with van der Waals surface area (Å²) in [6.45, 7) is 0. The molecule has 0 aliphatic carbocycles. The second kappa shape index (κ2) is 9.50. The fourth-order valence-electron chi connectivity index (χ4n) is 5.90. The molecule has 0 unspecified atom stereocenters. The molecule has 41 heavy (non-hydrogen) atoms. The van der Waals surface area contributed by atoms with Gasteiger partial charge in [-0.25, -0.2) is 9.36 Å². The van der Waals surface area contributed by atoms with E-state index in [0.29, 0.717) is 0 Å². The van der Waals surface area contributed by atoms with Crippen molar-refractivity contribution in [3.05, 3.63) is 152 Å². The zero-order chi connectivity index (χ0) is 27.2. The van der Waals surface area contributed by atoms with Crippen LogP contribution < -0.4 is 0 Å². The van der Waals surface area contributed by atoms with Gasteiger partial charge in [0.2, 0.25) is 0 Å². The third kappa shape index (κ3) is 3.86. The molecule has 0 fully saturated rings. The van der Waals surface area contributed by atoms with E-state index in [0.717, 1.165) is 33.5 Å². The Hall–Kier alpha value is -5.68. The number of hydrogen-bond donors (Lipinski definition) is 0. The van der Waals surface area contributed by atoms with Crippen molar-refractivity contribution in [3.63, 3.8) is 0 Å². The number of para-hydroxylation sites is 1. The van der Waals surface area contributed by atoms with Crippen molar-refractivity contribution in [2.45, 2.75) is 0 Å². The minimum absolute atomic E-state index is 0.994. The van der Waals surface area contributed by atoms with E-state index in [1.54, 1.807) is 0 Å². The zero-order valence-corrected chi connectivity index (χ0v) is 22.2. The molecule has 0 atom stereocenters. The summed E-state index contributed by atoms with van der Waals surface area (Å²) in [6, 6.07) is 45.2. The average Bonchev–Trinajstić information content (AvgIpc) is 3.78. The molecule has 0 aliphatic heterocycles. The van der Waals surface area contributed by atoms with Crippen molar-refractivity contribution >= 4 is 43.4 Å². The minimum atomic E-state index is 0.994. The number of hydrogen-bond acceptors (Lipinski definition) is 2. The minimum Gasteiger partial charge on any atom is -0.309 e. The third-order valence-corrected chi connectivity index (χ3v) is 7.72. The lowest BCUT2D eigenvalue weighted by molar-refractivity contribution is 0.877. The van der Waals surface area contributed by atoms with Crippen LogP contribution in [0.15, 0.2) is 152 Å². The van der Waals surface area contributed by atoms with Crippen LogP contribution in [0.3, 0.4) is 0 Å². The number of benzene rings is 5. The standard InChI is InChI=1S/C36H25N5/c1-3-14-31-29(12-1)30-13-2-4-15-32(30)34-19-18-27(40-23-9-21-38-40)25-36(34)41(35-17-6-5-16-33(31)35)28-11-7-10-26(24-28)39-22-8-20-37-39/h1-25H. The van der Waals surface area contributed by atoms with E-state index in [2.05, 4.69) is 130 Å². The Morgan fingerprint density at radius 2 is 0.878 bits per heavy atom. The van der Waals surface area contributed by atoms with Crippen LogP contribution in [-0.2, 0) is 0 Å². The summed E-state index contributed by atoms with van der Waals surface area (Å²) in [5, 5.41) is 16.2. The normalized spacial score (nSPS) is 11.4. The van der Waals surface area contributed by atoms with Crippen LogP contribution in [0.5, 0.6) is 0 Å². The predicted octanol–water partition coefficient (Wildman–Crippen LogP) is 8.59. The van der Waals surface area contributed by atoms with E-state index in [1.165, 1.54) is 26.9 Å². The first-order chi connectivity index (χ1) is 20.3. The number of rotatable bonds is 3. The van der Waals surface area contributed by atoms with Crippen molar-refractivity contribution in [1.82, 2.24) is 24.1 Å². The van der Waals surface area contributed by atoms with Crippen LogP contribution in [-0.4, -0.2) is 24.1 Å². The Balaban J connectivity index is 1.67. The highest BCUT2D eigenvalue weighted by molar-refractivity contribution is 6.19. The van der Waals surface area contributed by atoms with E-state index < -0.39 is 0 Å². The van der Waals surface area contributed by atoms with Crippen LogP contribution in [0, 0.1) is 0 Å². The third-order valence-electron chi connectivity index (χ3n) is 7.72. The van der Waals surface area contributed by atoms with Gasteiger partial charge in [0.25, 0.3) is 0 Å². The summed E-state index contributed by atoms with van der Waals surface area (Å²) in [4.78, 5) is 0. The monoisotopic (exact) mass is 527 g/mol. The summed E-state index contributed by atoms with van der Waals surface area (Å²) < 4.78 is 6.19. The molecule has 3 aromatic heterocycles. The molecule has 0 aliphatic rings. The number of nitrogens with zero attached hydrogens (tertiary/aromatic N) is 5. The molecule has 0 amide bonds. The van der Waals surface area contributed by atoms with Crippen LogP contribution in [0.25, 0.3) is 60.4 Å². The Labute approximate surface area is 236 Å². The van der Waals surface area contributed by atoms with Crippen LogP contribution in [0.1, 0.15) is 0 Å². The molecular weight excluding hydrogens is 502 g/mol. The van der Waals surface area contributed by atoms with Gasteiger partial charge >= 0.3 is 0 Å². The first-order valence-corrected chi connectivity index (χ1v) is 13.7. The Bertz CT molecular complexity index is 2260. The van der Waals surface area contributed by atoms with Gasteiger partial charge in [-0.05, 0) is 70.1 Å². The average molecular weight is 528 g/mol. The van der Waals surface area contributed by atoms with Gasteiger partial charge in [-0.15, -0.1) is 0 Å². The molecule has 194 valence electrons. The van der Waals surface area contributed by atoms with E-state index in [9.17, 15) is 0 Å². The van der Waals surface area contributed by atoms with E-state index >= 15 is 0 Å². The summed E-state index contributed by atoms with van der Waals surface area (Å²) in [6.07, 6.45) is 7.58. The maximum atomic E-state index is 4.55. The van der Waals surface area contributed by atoms with Gasteiger partial charge in [0, 0.05) is 41.2 Å². The molecular formula is C36H25N5. The van der Waals surface area contributed by atoms with Crippen LogP contribution >= 0.6 is 0 Å². The van der Waals surface area contributed by atoms with Gasteiger partial charge in [-0.2, -0.15) is 10.2 Å². The molecule has 0 spiro atoms. The lowest BCUT2D eigenvalue weighted by Crippen LogP contribution is -2.02. The van der Waals surface area contributed by atoms with Crippen molar-refractivity contribution < 1.29 is 0 Å². The van der Waals surface area contributed by atoms with E-state index in [4.69, 9.17) is 0 Å². The molecule has 0 saturated heterocycles. The van der Waals surface area contributed by atoms with Crippen LogP contribution in [0.2, 0.25) is 0 Å². The predicted molar refractivity (Wildman–Crippen MR) is 168 cm³/mol. The maximum absolute atomic E-state index is 4.55. The molecule has 3 heterocycles. The molecule has 8 aromatic rings. The Morgan fingerprint density at radius 3 is 1.49 bits per heavy atom. The van der Waals surface area contributed by atoms with E-state index in [1.807, 2.05) is 46.3 Å². The zero-order valence-electron chi connectivity index (χ0n) is 22.2. The molecule has 5 heteroatoms. The summed E-state index contributed by atoms with van der Waals surface area (Å²) in [5.41, 5.74) is 5.21. The fraction of sp³-hybridized carbons (Fsp3) is 0. The largest absolute Gasteiger partial charge is 0.309 e. The van der Waals surface area contributed by atoms with Gasteiger partial charge in [0.1, 0.15) is 0 Å². The molecule has 8 rings (SSSR count). The van der Waals surface area contributed by atoms with Crippen molar-refractivity contribution in [3.8, 4) is 17.1 Å². The first-order valence-electron chi connectivity index (χ1n) is 13.7. The van der Waals surface area contributed by atoms with Gasteiger partial charge in [-0.1, -0.05) is 78.9 Å². The van der Waals surface area contributed by atoms with Gasteiger partial charge < -0.3 is 4.57 Å². The second-order valence-electron chi connectivity index (χ2n) is 10.1. The molecule has 5 aromatic carbocycles. The molecule has 0 N–H and O–H groups in total. The smallest absolute Gasteiger partial charge is 0.0666 e. The van der Waals surface area contributed by atoms with E-state index in [-0.39, 0.29) is 0 Å². The van der Waals surface area contributed by atoms with Crippen LogP contribution in [0.4, 0.5) is 0 Å². The summed E-state index contributed by atoms with van der Waals surface area (Å²) in [5.74, 6) is 0. The van der Waals surface area contributed by atoms with Gasteiger partial charge in [0.05, 0.1) is 22.4 Å². The quantitative estimate of drug-likeness (QED) is 0.231. The number of aromatic nitrogens is 5. The highest BCUT2D eigenvalue weighted by atomic mass is 15.3. The molecule has 0 saturated carbocycles. The topological polar surface area (TPSA) is 40.6 Å². The fourth-order valence-corrected chi connectivity index (χ4v) is 5.90. The Kier molecular flexibility index (Phi) is 5.38. The SMILES string of the molecule is c1cc(-n2cccn2)cc(-n2c3ccccc3c3ccccc3c3ccccc3c3ccc(-n4cccn4)cc32)c1. The summed E-state index contributed by atoms with van der Waals surface area (Å²) in [7, 11) is 0. The highest BCUT2D eigenvalue weighted by Gasteiger charge is 2.12. The lowest BCUT2D eigenvalue weighted by atomic mass is 10.0.